The first-order valence-corrected chi connectivity index (χ1v) is 7.34. The second-order valence-electron chi connectivity index (χ2n) is 5.41. The molecule has 0 aliphatic heterocycles. The normalized spacial score (nSPS) is 12.0. The molecule has 0 aliphatic rings. The van der Waals surface area contributed by atoms with Crippen molar-refractivity contribution in [1.29, 1.82) is 0 Å². The fourth-order valence-corrected chi connectivity index (χ4v) is 1.94. The number of amides is 2. The average Bonchev–Trinajstić information content (AvgIpc) is 2.43. The average molecular weight is 292 g/mol. The third kappa shape index (κ3) is 5.85. The third-order valence-electron chi connectivity index (χ3n) is 3.28. The Bertz CT molecular complexity index is 469. The Labute approximate surface area is 125 Å². The molecule has 0 heterocycles. The molecule has 5 nitrogen and oxygen atoms in total. The minimum atomic E-state index is -1.01. The molecule has 0 fully saturated rings. The number of anilines is 1. The highest BCUT2D eigenvalue weighted by molar-refractivity contribution is 5.92. The molecule has 0 bridgehead atoms. The lowest BCUT2D eigenvalue weighted by atomic mass is 10.0. The molecule has 116 valence electrons. The molecule has 0 aromatic heterocycles. The summed E-state index contributed by atoms with van der Waals surface area (Å²) >= 11 is 0. The number of carbonyl (C=O) groups is 2. The summed E-state index contributed by atoms with van der Waals surface area (Å²) in [7, 11) is 0. The van der Waals surface area contributed by atoms with E-state index >= 15 is 0 Å². The van der Waals surface area contributed by atoms with Gasteiger partial charge in [0, 0.05) is 5.69 Å². The van der Waals surface area contributed by atoms with Crippen molar-refractivity contribution in [2.45, 2.75) is 52.0 Å². The molecule has 1 aromatic rings. The van der Waals surface area contributed by atoms with E-state index in [0.29, 0.717) is 18.0 Å². The van der Waals surface area contributed by atoms with Crippen LogP contribution in [0.15, 0.2) is 24.3 Å². The number of carbonyl (C=O) groups excluding carboxylic acids is 1. The Morgan fingerprint density at radius 3 is 2.29 bits per heavy atom. The Morgan fingerprint density at radius 2 is 1.81 bits per heavy atom. The summed E-state index contributed by atoms with van der Waals surface area (Å²) in [6, 6.07) is 6.20. The van der Waals surface area contributed by atoms with Crippen molar-refractivity contribution in [3.63, 3.8) is 0 Å². The van der Waals surface area contributed by atoms with Gasteiger partial charge in [-0.25, -0.2) is 9.59 Å². The van der Waals surface area contributed by atoms with Crippen molar-refractivity contribution in [2.24, 2.45) is 0 Å². The first-order chi connectivity index (χ1) is 9.93. The van der Waals surface area contributed by atoms with E-state index in [1.54, 1.807) is 0 Å². The molecule has 21 heavy (non-hydrogen) atoms. The first-order valence-electron chi connectivity index (χ1n) is 7.34. The molecular weight excluding hydrogens is 268 g/mol. The van der Waals surface area contributed by atoms with Crippen molar-refractivity contribution >= 4 is 17.7 Å². The van der Waals surface area contributed by atoms with Gasteiger partial charge in [0.1, 0.15) is 6.04 Å². The molecule has 1 atom stereocenters. The van der Waals surface area contributed by atoms with Gasteiger partial charge in [-0.15, -0.1) is 0 Å². The van der Waals surface area contributed by atoms with Crippen LogP contribution in [0, 0.1) is 0 Å². The Morgan fingerprint density at radius 1 is 1.19 bits per heavy atom. The van der Waals surface area contributed by atoms with E-state index in [1.165, 1.54) is 5.56 Å². The number of unbranched alkanes of at least 4 members (excludes halogenated alkanes) is 1. The van der Waals surface area contributed by atoms with Crippen molar-refractivity contribution < 1.29 is 14.7 Å². The predicted molar refractivity (Wildman–Crippen MR) is 83.6 cm³/mol. The van der Waals surface area contributed by atoms with Gasteiger partial charge in [0.25, 0.3) is 0 Å². The second kappa shape index (κ2) is 8.29. The predicted octanol–water partition coefficient (Wildman–Crippen LogP) is 3.57. The molecule has 5 heteroatoms. The van der Waals surface area contributed by atoms with Gasteiger partial charge >= 0.3 is 12.0 Å². The lowest BCUT2D eigenvalue weighted by Gasteiger charge is -2.15. The van der Waals surface area contributed by atoms with Crippen LogP contribution in [0.3, 0.4) is 0 Å². The van der Waals surface area contributed by atoms with Crippen molar-refractivity contribution in [3.8, 4) is 0 Å². The summed E-state index contributed by atoms with van der Waals surface area (Å²) in [4.78, 5) is 22.9. The van der Waals surface area contributed by atoms with Crippen LogP contribution in [-0.2, 0) is 4.79 Å². The van der Waals surface area contributed by atoms with Crippen molar-refractivity contribution in [1.82, 2.24) is 5.32 Å². The number of rotatable bonds is 7. The molecule has 2 amide bonds. The summed E-state index contributed by atoms with van der Waals surface area (Å²) in [6.07, 6.45) is 2.09. The van der Waals surface area contributed by atoms with Gasteiger partial charge in [0.2, 0.25) is 0 Å². The molecule has 3 N–H and O–H groups in total. The standard InChI is InChI=1S/C16H24N2O3/c1-4-5-6-14(15(19)20)18-16(21)17-13-9-7-12(8-10-13)11(2)3/h7-11,14H,4-6H2,1-3H3,(H,19,20)(H2,17,18,21). The van der Waals surface area contributed by atoms with Gasteiger partial charge in [-0.1, -0.05) is 45.7 Å². The molecular formula is C16H24N2O3. The van der Waals surface area contributed by atoms with Crippen LogP contribution in [0.1, 0.15) is 51.5 Å². The number of carboxylic acid groups (broad SMARTS) is 1. The monoisotopic (exact) mass is 292 g/mol. The number of hydrogen-bond donors (Lipinski definition) is 3. The summed E-state index contributed by atoms with van der Waals surface area (Å²) in [5.41, 5.74) is 1.84. The highest BCUT2D eigenvalue weighted by atomic mass is 16.4. The molecule has 0 radical (unpaired) electrons. The van der Waals surface area contributed by atoms with Gasteiger partial charge in [0.05, 0.1) is 0 Å². The van der Waals surface area contributed by atoms with Gasteiger partial charge in [-0.2, -0.15) is 0 Å². The maximum Gasteiger partial charge on any atom is 0.326 e. The van der Waals surface area contributed by atoms with E-state index in [9.17, 15) is 9.59 Å². The van der Waals surface area contributed by atoms with Crippen LogP contribution in [-0.4, -0.2) is 23.1 Å². The van der Waals surface area contributed by atoms with Crippen LogP contribution >= 0.6 is 0 Å². The SMILES string of the molecule is CCCCC(NC(=O)Nc1ccc(C(C)C)cc1)C(=O)O. The molecule has 0 saturated carbocycles. The highest BCUT2D eigenvalue weighted by Crippen LogP contribution is 2.17. The number of benzene rings is 1. The van der Waals surface area contributed by atoms with Gasteiger partial charge < -0.3 is 15.7 Å². The number of carboxylic acids is 1. The van der Waals surface area contributed by atoms with Crippen LogP contribution < -0.4 is 10.6 Å². The molecule has 0 spiro atoms. The van der Waals surface area contributed by atoms with Crippen LogP contribution in [0.4, 0.5) is 10.5 Å². The molecule has 1 aromatic carbocycles. The number of hydrogen-bond acceptors (Lipinski definition) is 2. The fraction of sp³-hybridized carbons (Fsp3) is 0.500. The Balaban J connectivity index is 2.57. The molecule has 0 aliphatic carbocycles. The summed E-state index contributed by atoms with van der Waals surface area (Å²) in [5, 5.41) is 14.2. The number of nitrogens with one attached hydrogen (secondary N) is 2. The van der Waals surface area contributed by atoms with Gasteiger partial charge in [0.15, 0.2) is 0 Å². The number of urea groups is 1. The van der Waals surface area contributed by atoms with Crippen LogP contribution in [0.5, 0.6) is 0 Å². The quantitative estimate of drug-likeness (QED) is 0.718. The van der Waals surface area contributed by atoms with E-state index in [1.807, 2.05) is 31.2 Å². The van der Waals surface area contributed by atoms with Crippen molar-refractivity contribution in [3.05, 3.63) is 29.8 Å². The maximum absolute atomic E-state index is 11.8. The lowest BCUT2D eigenvalue weighted by Crippen LogP contribution is -2.42. The largest absolute Gasteiger partial charge is 0.480 e. The lowest BCUT2D eigenvalue weighted by molar-refractivity contribution is -0.139. The second-order valence-corrected chi connectivity index (χ2v) is 5.41. The zero-order chi connectivity index (χ0) is 15.8. The topological polar surface area (TPSA) is 78.4 Å². The van der Waals surface area contributed by atoms with E-state index in [4.69, 9.17) is 5.11 Å². The Kier molecular flexibility index (Phi) is 6.72. The van der Waals surface area contributed by atoms with E-state index in [0.717, 1.165) is 12.8 Å². The molecule has 1 rings (SSSR count). The zero-order valence-electron chi connectivity index (χ0n) is 12.8. The first kappa shape index (κ1) is 17.0. The smallest absolute Gasteiger partial charge is 0.326 e. The van der Waals surface area contributed by atoms with Crippen LogP contribution in [0.25, 0.3) is 0 Å². The van der Waals surface area contributed by atoms with E-state index < -0.39 is 18.0 Å². The maximum atomic E-state index is 11.8. The summed E-state index contributed by atoms with van der Waals surface area (Å²) in [6.45, 7) is 6.18. The third-order valence-corrected chi connectivity index (χ3v) is 3.28. The zero-order valence-corrected chi connectivity index (χ0v) is 12.8. The van der Waals surface area contributed by atoms with Gasteiger partial charge in [-0.3, -0.25) is 0 Å². The molecule has 1 unspecified atom stereocenters. The highest BCUT2D eigenvalue weighted by Gasteiger charge is 2.19. The van der Waals surface area contributed by atoms with E-state index in [-0.39, 0.29) is 0 Å². The molecule has 0 saturated heterocycles. The van der Waals surface area contributed by atoms with Crippen LogP contribution in [0.2, 0.25) is 0 Å². The fourth-order valence-electron chi connectivity index (χ4n) is 1.94. The minimum absolute atomic E-state index is 0.429. The minimum Gasteiger partial charge on any atom is -0.480 e. The summed E-state index contributed by atoms with van der Waals surface area (Å²) < 4.78 is 0. The van der Waals surface area contributed by atoms with Crippen molar-refractivity contribution in [2.75, 3.05) is 5.32 Å². The van der Waals surface area contributed by atoms with Gasteiger partial charge in [-0.05, 0) is 30.0 Å². The number of aliphatic carboxylic acids is 1. The Hall–Kier alpha value is -2.04. The van der Waals surface area contributed by atoms with E-state index in [2.05, 4.69) is 24.5 Å². The summed E-state index contributed by atoms with van der Waals surface area (Å²) in [5.74, 6) is -0.577.